The quantitative estimate of drug-likeness (QED) is 0.604. The van der Waals surface area contributed by atoms with Crippen molar-refractivity contribution in [2.75, 3.05) is 13.7 Å². The van der Waals surface area contributed by atoms with E-state index in [2.05, 4.69) is 14.2 Å². The summed E-state index contributed by atoms with van der Waals surface area (Å²) in [5.74, 6) is -1.34. The van der Waals surface area contributed by atoms with Gasteiger partial charge in [-0.25, -0.2) is 13.1 Å². The molecule has 0 spiro atoms. The molecular weight excluding hydrogens is 327 g/mol. The van der Waals surface area contributed by atoms with Crippen molar-refractivity contribution in [2.24, 2.45) is 0 Å². The summed E-state index contributed by atoms with van der Waals surface area (Å²) in [5, 5.41) is 0. The second-order valence-corrected chi connectivity index (χ2v) is 5.81. The monoisotopic (exact) mass is 341 g/mol. The van der Waals surface area contributed by atoms with Crippen LogP contribution in [0.5, 0.6) is 5.75 Å². The van der Waals surface area contributed by atoms with Crippen molar-refractivity contribution in [3.63, 3.8) is 0 Å². The first-order valence-corrected chi connectivity index (χ1v) is 7.55. The Morgan fingerprint density at radius 3 is 2.50 bits per heavy atom. The van der Waals surface area contributed by atoms with E-state index in [1.807, 2.05) is 0 Å². The molecule has 0 saturated carbocycles. The van der Waals surface area contributed by atoms with E-state index in [9.17, 15) is 26.4 Å². The topological polar surface area (TPSA) is 81.7 Å². The zero-order valence-corrected chi connectivity index (χ0v) is 12.3. The van der Waals surface area contributed by atoms with Gasteiger partial charge < -0.3 is 9.47 Å². The molecule has 124 valence electrons. The number of para-hydroxylation sites is 1. The molecule has 1 aromatic rings. The number of esters is 1. The third-order valence-electron chi connectivity index (χ3n) is 2.44. The zero-order valence-electron chi connectivity index (χ0n) is 11.5. The van der Waals surface area contributed by atoms with E-state index < -0.39 is 33.0 Å². The van der Waals surface area contributed by atoms with Crippen LogP contribution in [-0.4, -0.2) is 34.4 Å². The van der Waals surface area contributed by atoms with Crippen LogP contribution in [0.2, 0.25) is 0 Å². The van der Waals surface area contributed by atoms with E-state index in [0.717, 1.165) is 12.1 Å². The minimum atomic E-state index is -5.00. The van der Waals surface area contributed by atoms with E-state index >= 15 is 0 Å². The van der Waals surface area contributed by atoms with Gasteiger partial charge in [-0.15, -0.1) is 13.2 Å². The Bertz CT molecular complexity index is 615. The van der Waals surface area contributed by atoms with Gasteiger partial charge in [0, 0.05) is 13.0 Å². The molecule has 0 radical (unpaired) electrons. The molecule has 0 saturated heterocycles. The van der Waals surface area contributed by atoms with Gasteiger partial charge in [0.05, 0.1) is 7.11 Å². The molecule has 0 heterocycles. The maximum Gasteiger partial charge on any atom is 0.573 e. The van der Waals surface area contributed by atoms with Crippen molar-refractivity contribution in [2.45, 2.75) is 24.1 Å². The number of ether oxygens (including phenoxy) is 2. The maximum atomic E-state index is 12.3. The van der Waals surface area contributed by atoms with Gasteiger partial charge in [0.2, 0.25) is 10.0 Å². The third-order valence-corrected chi connectivity index (χ3v) is 3.94. The molecule has 0 amide bonds. The van der Waals surface area contributed by atoms with Crippen LogP contribution in [0.15, 0.2) is 29.2 Å². The molecule has 0 aromatic heterocycles. The molecule has 1 aromatic carbocycles. The molecular formula is C12H14F3NO5S. The normalized spacial score (nSPS) is 12.0. The smallest absolute Gasteiger partial charge is 0.469 e. The molecule has 0 aliphatic carbocycles. The lowest BCUT2D eigenvalue weighted by Gasteiger charge is -2.13. The number of alkyl halides is 3. The van der Waals surface area contributed by atoms with Crippen LogP contribution in [0.4, 0.5) is 13.2 Å². The summed E-state index contributed by atoms with van der Waals surface area (Å²) < 4.78 is 70.9. The number of nitrogens with one attached hydrogen (secondary N) is 1. The molecule has 1 N–H and O–H groups in total. The van der Waals surface area contributed by atoms with Crippen LogP contribution in [0.3, 0.4) is 0 Å². The van der Waals surface area contributed by atoms with Gasteiger partial charge in [-0.3, -0.25) is 4.79 Å². The fourth-order valence-electron chi connectivity index (χ4n) is 1.50. The molecule has 0 atom stereocenters. The Balaban J connectivity index is 2.79. The van der Waals surface area contributed by atoms with Gasteiger partial charge in [0.25, 0.3) is 0 Å². The number of rotatable bonds is 7. The number of methoxy groups -OCH3 is 1. The first-order chi connectivity index (χ1) is 10.2. The van der Waals surface area contributed by atoms with Crippen LogP contribution >= 0.6 is 0 Å². The van der Waals surface area contributed by atoms with E-state index in [-0.39, 0.29) is 19.4 Å². The fourth-order valence-corrected chi connectivity index (χ4v) is 2.70. The summed E-state index contributed by atoms with van der Waals surface area (Å²) in [6, 6.07) is 4.38. The second kappa shape index (κ2) is 7.45. The summed E-state index contributed by atoms with van der Waals surface area (Å²) >= 11 is 0. The van der Waals surface area contributed by atoms with Gasteiger partial charge in [0.1, 0.15) is 10.6 Å². The Kier molecular flexibility index (Phi) is 6.18. The highest BCUT2D eigenvalue weighted by Crippen LogP contribution is 2.29. The van der Waals surface area contributed by atoms with Crippen molar-refractivity contribution in [3.05, 3.63) is 24.3 Å². The number of halogens is 3. The lowest BCUT2D eigenvalue weighted by atomic mass is 10.3. The molecule has 0 aliphatic heterocycles. The van der Waals surface area contributed by atoms with Crippen LogP contribution in [0.1, 0.15) is 12.8 Å². The minimum Gasteiger partial charge on any atom is -0.469 e. The number of benzene rings is 1. The van der Waals surface area contributed by atoms with Gasteiger partial charge in [0.15, 0.2) is 0 Å². The Morgan fingerprint density at radius 1 is 1.27 bits per heavy atom. The molecule has 6 nitrogen and oxygen atoms in total. The zero-order chi connectivity index (χ0) is 16.8. The molecule has 10 heteroatoms. The van der Waals surface area contributed by atoms with Crippen molar-refractivity contribution >= 4 is 16.0 Å². The summed E-state index contributed by atoms with van der Waals surface area (Å²) in [5.41, 5.74) is 0. The van der Waals surface area contributed by atoms with Crippen LogP contribution in [0, 0.1) is 0 Å². The molecule has 0 aliphatic rings. The first-order valence-electron chi connectivity index (χ1n) is 6.07. The molecule has 0 bridgehead atoms. The van der Waals surface area contributed by atoms with Gasteiger partial charge in [-0.2, -0.15) is 0 Å². The van der Waals surface area contributed by atoms with E-state index in [1.54, 1.807) is 0 Å². The van der Waals surface area contributed by atoms with Crippen molar-refractivity contribution in [3.8, 4) is 5.75 Å². The summed E-state index contributed by atoms with van der Waals surface area (Å²) in [4.78, 5) is 10.2. The van der Waals surface area contributed by atoms with Crippen LogP contribution < -0.4 is 9.46 Å². The predicted molar refractivity (Wildman–Crippen MR) is 69.6 cm³/mol. The number of hydrogen-bond acceptors (Lipinski definition) is 5. The van der Waals surface area contributed by atoms with Crippen molar-refractivity contribution < 1.29 is 35.9 Å². The Morgan fingerprint density at radius 2 is 1.91 bits per heavy atom. The molecule has 0 unspecified atom stereocenters. The van der Waals surface area contributed by atoms with Crippen molar-refractivity contribution in [1.82, 2.24) is 4.72 Å². The highest BCUT2D eigenvalue weighted by Gasteiger charge is 2.33. The fraction of sp³-hybridized carbons (Fsp3) is 0.417. The van der Waals surface area contributed by atoms with E-state index in [1.165, 1.54) is 19.2 Å². The lowest BCUT2D eigenvalue weighted by Crippen LogP contribution is -2.27. The molecule has 0 fully saturated rings. The lowest BCUT2D eigenvalue weighted by molar-refractivity contribution is -0.275. The highest BCUT2D eigenvalue weighted by atomic mass is 32.2. The Labute approximate surface area is 125 Å². The van der Waals surface area contributed by atoms with Gasteiger partial charge in [-0.1, -0.05) is 12.1 Å². The predicted octanol–water partition coefficient (Wildman–Crippen LogP) is 1.82. The Hall–Kier alpha value is -1.81. The van der Waals surface area contributed by atoms with Crippen LogP contribution in [0.25, 0.3) is 0 Å². The summed E-state index contributed by atoms with van der Waals surface area (Å²) in [6.07, 6.45) is -4.87. The summed E-state index contributed by atoms with van der Waals surface area (Å²) in [6.45, 7) is -0.127. The maximum absolute atomic E-state index is 12.3. The largest absolute Gasteiger partial charge is 0.573 e. The minimum absolute atomic E-state index is 0.0142. The third kappa shape index (κ3) is 5.90. The summed E-state index contributed by atoms with van der Waals surface area (Å²) in [7, 11) is -3.00. The standard InChI is InChI=1S/C12H14F3NO5S/c1-20-11(17)7-4-8-16-22(18,19)10-6-3-2-5-9(10)21-12(13,14)15/h2-3,5-6,16H,4,7-8H2,1H3. The average molecular weight is 341 g/mol. The number of carbonyl (C=O) groups excluding carboxylic acids is 1. The molecule has 1 rings (SSSR count). The van der Waals surface area contributed by atoms with Gasteiger partial charge in [-0.05, 0) is 18.6 Å². The number of hydrogen-bond donors (Lipinski definition) is 1. The average Bonchev–Trinajstić information content (AvgIpc) is 2.42. The number of sulfonamides is 1. The molecule has 22 heavy (non-hydrogen) atoms. The van der Waals surface area contributed by atoms with Gasteiger partial charge >= 0.3 is 12.3 Å². The second-order valence-electron chi connectivity index (χ2n) is 4.07. The SMILES string of the molecule is COC(=O)CCCNS(=O)(=O)c1ccccc1OC(F)(F)F. The van der Waals surface area contributed by atoms with Crippen LogP contribution in [-0.2, 0) is 19.6 Å². The van der Waals surface area contributed by atoms with E-state index in [0.29, 0.717) is 0 Å². The highest BCUT2D eigenvalue weighted by molar-refractivity contribution is 7.89. The first kappa shape index (κ1) is 18.2. The van der Waals surface area contributed by atoms with E-state index in [4.69, 9.17) is 0 Å². The van der Waals surface area contributed by atoms with Crippen molar-refractivity contribution in [1.29, 1.82) is 0 Å². The number of carbonyl (C=O) groups is 1.